The lowest BCUT2D eigenvalue weighted by Crippen LogP contribution is -2.45. The molecule has 0 saturated carbocycles. The molecule has 3 rings (SSSR count). The van der Waals surface area contributed by atoms with Crippen molar-refractivity contribution in [1.29, 1.82) is 0 Å². The molecule has 0 unspecified atom stereocenters. The number of benzene rings is 1. The van der Waals surface area contributed by atoms with E-state index in [1.54, 1.807) is 21.9 Å². The van der Waals surface area contributed by atoms with E-state index in [1.807, 2.05) is 31.2 Å². The average Bonchev–Trinajstić information content (AvgIpc) is 3.28. The van der Waals surface area contributed by atoms with Crippen molar-refractivity contribution in [3.8, 4) is 0 Å². The lowest BCUT2D eigenvalue weighted by atomic mass is 9.94. The molecule has 1 aliphatic rings. The monoisotopic (exact) mass is 398 g/mol. The van der Waals surface area contributed by atoms with Crippen LogP contribution in [0.25, 0.3) is 0 Å². The fourth-order valence-electron chi connectivity index (χ4n) is 3.57. The fourth-order valence-corrected chi connectivity index (χ4v) is 3.57. The van der Waals surface area contributed by atoms with Gasteiger partial charge in [-0.05, 0) is 43.0 Å². The molecule has 7 nitrogen and oxygen atoms in total. The molecule has 0 atom stereocenters. The van der Waals surface area contributed by atoms with E-state index in [1.165, 1.54) is 13.4 Å². The summed E-state index contributed by atoms with van der Waals surface area (Å²) >= 11 is 0. The highest BCUT2D eigenvalue weighted by atomic mass is 16.5. The molecule has 2 aromatic rings. The molecule has 1 fully saturated rings. The van der Waals surface area contributed by atoms with Gasteiger partial charge in [-0.1, -0.05) is 24.3 Å². The zero-order chi connectivity index (χ0) is 20.8. The Bertz CT molecular complexity index is 854. The van der Waals surface area contributed by atoms with Gasteiger partial charge in [-0.15, -0.1) is 0 Å². The number of amides is 2. The molecule has 0 N–H and O–H groups in total. The number of rotatable bonds is 6. The number of esters is 1. The van der Waals surface area contributed by atoms with Gasteiger partial charge in [-0.3, -0.25) is 14.4 Å². The minimum atomic E-state index is -0.447. The summed E-state index contributed by atoms with van der Waals surface area (Å²) in [7, 11) is 1.32. The second-order valence-electron chi connectivity index (χ2n) is 7.24. The number of hydrogen-bond acceptors (Lipinski definition) is 5. The summed E-state index contributed by atoms with van der Waals surface area (Å²) in [6.45, 7) is 3.20. The van der Waals surface area contributed by atoms with Crippen molar-refractivity contribution in [1.82, 2.24) is 9.80 Å². The van der Waals surface area contributed by atoms with Gasteiger partial charge in [0.15, 0.2) is 5.76 Å². The maximum absolute atomic E-state index is 13.2. The summed E-state index contributed by atoms with van der Waals surface area (Å²) in [6, 6.07) is 11.1. The largest absolute Gasteiger partial charge is 0.468 e. The predicted octanol–water partition coefficient (Wildman–Crippen LogP) is 2.64. The second-order valence-corrected chi connectivity index (χ2v) is 7.24. The Morgan fingerprint density at radius 1 is 1.14 bits per heavy atom. The molecule has 7 heteroatoms. The quantitative estimate of drug-likeness (QED) is 0.699. The van der Waals surface area contributed by atoms with Gasteiger partial charge >= 0.3 is 5.97 Å². The Labute approximate surface area is 170 Å². The Hall–Kier alpha value is -3.09. The third-order valence-electron chi connectivity index (χ3n) is 5.35. The van der Waals surface area contributed by atoms with Crippen LogP contribution in [-0.2, 0) is 20.9 Å². The van der Waals surface area contributed by atoms with Crippen molar-refractivity contribution in [2.45, 2.75) is 26.3 Å². The minimum Gasteiger partial charge on any atom is -0.468 e. The normalized spacial score (nSPS) is 14.5. The minimum absolute atomic E-state index is 0.0799. The van der Waals surface area contributed by atoms with E-state index >= 15 is 0 Å². The number of likely N-dealkylation sites (tertiary alicyclic amines) is 1. The van der Waals surface area contributed by atoms with E-state index < -0.39 is 5.97 Å². The molecular formula is C22H26N2O5. The van der Waals surface area contributed by atoms with E-state index in [0.29, 0.717) is 38.2 Å². The molecule has 0 aliphatic carbocycles. The standard InChI is InChI=1S/C22H26N2O5/c1-16-6-3-4-7-18(16)14-24(15-20(25)28-2)21(26)17-9-11-23(12-10-17)22(27)19-8-5-13-29-19/h3-8,13,17H,9-12,14-15H2,1-2H3. The molecule has 0 radical (unpaired) electrons. The maximum atomic E-state index is 13.2. The number of furan rings is 1. The molecule has 1 aromatic carbocycles. The highest BCUT2D eigenvalue weighted by Crippen LogP contribution is 2.23. The molecule has 154 valence electrons. The highest BCUT2D eigenvalue weighted by Gasteiger charge is 2.32. The summed E-state index contributed by atoms with van der Waals surface area (Å²) in [6.07, 6.45) is 2.58. The van der Waals surface area contributed by atoms with Crippen molar-refractivity contribution < 1.29 is 23.5 Å². The van der Waals surface area contributed by atoms with Crippen molar-refractivity contribution in [2.24, 2.45) is 5.92 Å². The molecule has 1 aliphatic heterocycles. The molecule has 2 amide bonds. The lowest BCUT2D eigenvalue weighted by molar-refractivity contribution is -0.149. The molecule has 0 spiro atoms. The molecular weight excluding hydrogens is 372 g/mol. The lowest BCUT2D eigenvalue weighted by Gasteiger charge is -2.33. The molecule has 1 aromatic heterocycles. The number of carbonyl (C=O) groups is 3. The number of hydrogen-bond donors (Lipinski definition) is 0. The first kappa shape index (κ1) is 20.6. The Kier molecular flexibility index (Phi) is 6.69. The van der Waals surface area contributed by atoms with Crippen LogP contribution in [0.5, 0.6) is 0 Å². The average molecular weight is 398 g/mol. The number of methoxy groups -OCH3 is 1. The molecule has 0 bridgehead atoms. The van der Waals surface area contributed by atoms with Gasteiger partial charge in [0.05, 0.1) is 13.4 Å². The summed E-state index contributed by atoms with van der Waals surface area (Å²) in [5.41, 5.74) is 2.06. The van der Waals surface area contributed by atoms with Crippen LogP contribution in [0.1, 0.15) is 34.5 Å². The first-order chi connectivity index (χ1) is 14.0. The Morgan fingerprint density at radius 2 is 1.86 bits per heavy atom. The summed E-state index contributed by atoms with van der Waals surface area (Å²) < 4.78 is 9.96. The van der Waals surface area contributed by atoms with E-state index in [9.17, 15) is 14.4 Å². The van der Waals surface area contributed by atoms with Crippen LogP contribution >= 0.6 is 0 Å². The fraction of sp³-hybridized carbons (Fsp3) is 0.409. The summed E-state index contributed by atoms with van der Waals surface area (Å²) in [5, 5.41) is 0. The number of piperidine rings is 1. The van der Waals surface area contributed by atoms with Gasteiger partial charge in [-0.2, -0.15) is 0 Å². The van der Waals surface area contributed by atoms with E-state index in [2.05, 4.69) is 0 Å². The second kappa shape index (κ2) is 9.41. The van der Waals surface area contributed by atoms with Crippen molar-refractivity contribution >= 4 is 17.8 Å². The van der Waals surface area contributed by atoms with Crippen LogP contribution in [0.15, 0.2) is 47.1 Å². The van der Waals surface area contributed by atoms with Gasteiger partial charge in [-0.25, -0.2) is 0 Å². The third-order valence-corrected chi connectivity index (χ3v) is 5.35. The number of aryl methyl sites for hydroxylation is 1. The van der Waals surface area contributed by atoms with Gasteiger partial charge < -0.3 is 19.0 Å². The Balaban J connectivity index is 1.65. The number of nitrogens with zero attached hydrogens (tertiary/aromatic N) is 2. The van der Waals surface area contributed by atoms with Crippen LogP contribution in [0, 0.1) is 12.8 Å². The van der Waals surface area contributed by atoms with E-state index in [-0.39, 0.29) is 24.3 Å². The number of carbonyl (C=O) groups excluding carboxylic acids is 3. The zero-order valence-corrected chi connectivity index (χ0v) is 16.8. The Morgan fingerprint density at radius 3 is 2.48 bits per heavy atom. The number of ether oxygens (including phenoxy) is 1. The van der Waals surface area contributed by atoms with Crippen LogP contribution in [0.2, 0.25) is 0 Å². The van der Waals surface area contributed by atoms with Gasteiger partial charge in [0, 0.05) is 25.6 Å². The highest BCUT2D eigenvalue weighted by molar-refractivity contribution is 5.91. The molecule has 2 heterocycles. The third kappa shape index (κ3) is 5.04. The van der Waals surface area contributed by atoms with Crippen molar-refractivity contribution in [3.63, 3.8) is 0 Å². The van der Waals surface area contributed by atoms with Crippen molar-refractivity contribution in [2.75, 3.05) is 26.7 Å². The van der Waals surface area contributed by atoms with Gasteiger partial charge in [0.25, 0.3) is 5.91 Å². The van der Waals surface area contributed by atoms with Gasteiger partial charge in [0.1, 0.15) is 6.54 Å². The summed E-state index contributed by atoms with van der Waals surface area (Å²) in [4.78, 5) is 40.7. The first-order valence-corrected chi connectivity index (χ1v) is 9.72. The van der Waals surface area contributed by atoms with Crippen LogP contribution in [0.3, 0.4) is 0 Å². The zero-order valence-electron chi connectivity index (χ0n) is 16.8. The van der Waals surface area contributed by atoms with E-state index in [4.69, 9.17) is 9.15 Å². The predicted molar refractivity (Wildman–Crippen MR) is 106 cm³/mol. The van der Waals surface area contributed by atoms with Crippen LogP contribution < -0.4 is 0 Å². The summed E-state index contributed by atoms with van der Waals surface area (Å²) in [5.74, 6) is -0.612. The van der Waals surface area contributed by atoms with Crippen molar-refractivity contribution in [3.05, 3.63) is 59.5 Å². The topological polar surface area (TPSA) is 80.1 Å². The van der Waals surface area contributed by atoms with E-state index in [0.717, 1.165) is 11.1 Å². The van der Waals surface area contributed by atoms with Gasteiger partial charge in [0.2, 0.25) is 5.91 Å². The van der Waals surface area contributed by atoms with Crippen LogP contribution in [0.4, 0.5) is 0 Å². The molecule has 1 saturated heterocycles. The smallest absolute Gasteiger partial charge is 0.325 e. The maximum Gasteiger partial charge on any atom is 0.325 e. The first-order valence-electron chi connectivity index (χ1n) is 9.72. The molecule has 29 heavy (non-hydrogen) atoms. The SMILES string of the molecule is COC(=O)CN(Cc1ccccc1C)C(=O)C1CCN(C(=O)c2ccco2)CC1. The van der Waals surface area contributed by atoms with Crippen LogP contribution in [-0.4, -0.2) is 54.3 Å².